The number of nitrogens with zero attached hydrogens (tertiary/aromatic N) is 2. The van der Waals surface area contributed by atoms with Crippen LogP contribution >= 0.6 is 0 Å². The molecule has 1 unspecified atom stereocenters. The summed E-state index contributed by atoms with van der Waals surface area (Å²) in [6.07, 6.45) is -1.34. The third kappa shape index (κ3) is 2.70. The van der Waals surface area contributed by atoms with Gasteiger partial charge in [0.15, 0.2) is 11.5 Å². The van der Waals surface area contributed by atoms with Crippen LogP contribution in [0.4, 0.5) is 8.78 Å². The highest BCUT2D eigenvalue weighted by atomic mass is 19.1. The molecule has 0 spiro atoms. The molecular formula is C18H16F2N2O3. The number of hydrogen-bond donors (Lipinski definition) is 1. The topological polar surface area (TPSA) is 56.5 Å². The molecule has 2 aromatic carbocycles. The molecule has 0 bridgehead atoms. The van der Waals surface area contributed by atoms with Crippen molar-refractivity contribution in [2.75, 3.05) is 13.2 Å². The average Bonchev–Trinajstić information content (AvgIpc) is 2.87. The maximum atomic E-state index is 13.9. The Labute approximate surface area is 142 Å². The Bertz CT molecular complexity index is 935. The summed E-state index contributed by atoms with van der Waals surface area (Å²) in [5.41, 5.74) is 1.03. The van der Waals surface area contributed by atoms with Crippen molar-refractivity contribution < 1.29 is 23.4 Å². The van der Waals surface area contributed by atoms with Gasteiger partial charge >= 0.3 is 0 Å². The molecule has 0 saturated heterocycles. The molecule has 1 aromatic heterocycles. The molecule has 1 atom stereocenters. The van der Waals surface area contributed by atoms with Gasteiger partial charge in [0.05, 0.1) is 23.1 Å². The number of aromatic nitrogens is 2. The van der Waals surface area contributed by atoms with Crippen molar-refractivity contribution in [2.24, 2.45) is 0 Å². The van der Waals surface area contributed by atoms with Crippen molar-refractivity contribution >= 4 is 11.0 Å². The minimum atomic E-state index is -1.34. The number of ether oxygens (including phenoxy) is 2. The predicted molar refractivity (Wildman–Crippen MR) is 86.8 cm³/mol. The lowest BCUT2D eigenvalue weighted by Gasteiger charge is -2.19. The van der Waals surface area contributed by atoms with Crippen molar-refractivity contribution in [1.82, 2.24) is 9.55 Å². The first-order valence-electron chi connectivity index (χ1n) is 7.93. The molecule has 0 radical (unpaired) electrons. The first-order chi connectivity index (χ1) is 12.0. The molecule has 0 fully saturated rings. The summed E-state index contributed by atoms with van der Waals surface area (Å²) >= 11 is 0. The summed E-state index contributed by atoms with van der Waals surface area (Å²) < 4.78 is 40.6. The van der Waals surface area contributed by atoms with Crippen LogP contribution in [0.1, 0.15) is 17.5 Å². The predicted octanol–water partition coefficient (Wildman–Crippen LogP) is 3.13. The molecule has 1 N–H and O–H groups in total. The van der Waals surface area contributed by atoms with Crippen LogP contribution in [0.5, 0.6) is 11.5 Å². The van der Waals surface area contributed by atoms with Crippen LogP contribution in [-0.4, -0.2) is 27.9 Å². The Morgan fingerprint density at radius 1 is 1.16 bits per heavy atom. The summed E-state index contributed by atoms with van der Waals surface area (Å²) in [5.74, 6) is 0.274. The summed E-state index contributed by atoms with van der Waals surface area (Å²) in [4.78, 5) is 4.44. The Kier molecular flexibility index (Phi) is 3.80. The Morgan fingerprint density at radius 3 is 2.48 bits per heavy atom. The van der Waals surface area contributed by atoms with Crippen LogP contribution in [0, 0.1) is 18.6 Å². The Morgan fingerprint density at radius 2 is 1.80 bits per heavy atom. The zero-order valence-electron chi connectivity index (χ0n) is 13.5. The van der Waals surface area contributed by atoms with Crippen LogP contribution in [0.15, 0.2) is 30.3 Å². The number of aliphatic hydroxyl groups is 1. The molecule has 130 valence electrons. The molecule has 1 aliphatic rings. The van der Waals surface area contributed by atoms with Crippen molar-refractivity contribution in [2.45, 2.75) is 19.6 Å². The summed E-state index contributed by atoms with van der Waals surface area (Å²) in [7, 11) is 0. The largest absolute Gasteiger partial charge is 0.486 e. The number of rotatable bonds is 3. The van der Waals surface area contributed by atoms with Crippen molar-refractivity contribution in [3.63, 3.8) is 0 Å². The molecule has 2 heterocycles. The van der Waals surface area contributed by atoms with Gasteiger partial charge in [-0.05, 0) is 19.1 Å². The fraction of sp³-hybridized carbons (Fsp3) is 0.278. The van der Waals surface area contributed by atoms with Gasteiger partial charge in [-0.25, -0.2) is 13.8 Å². The number of benzene rings is 2. The number of aryl methyl sites for hydroxylation is 1. The van der Waals surface area contributed by atoms with E-state index in [0.29, 0.717) is 41.6 Å². The van der Waals surface area contributed by atoms with Crippen LogP contribution in [-0.2, 0) is 6.54 Å². The van der Waals surface area contributed by atoms with Crippen LogP contribution in [0.25, 0.3) is 11.0 Å². The lowest BCUT2D eigenvalue weighted by molar-refractivity contribution is 0.147. The minimum absolute atomic E-state index is 0.0279. The molecule has 1 aliphatic heterocycles. The summed E-state index contributed by atoms with van der Waals surface area (Å²) in [5, 5.41) is 10.4. The fourth-order valence-electron chi connectivity index (χ4n) is 3.11. The van der Waals surface area contributed by atoms with Crippen molar-refractivity contribution in [3.8, 4) is 11.5 Å². The Hall–Kier alpha value is -2.67. The van der Waals surface area contributed by atoms with E-state index in [1.165, 1.54) is 6.07 Å². The van der Waals surface area contributed by atoms with E-state index in [9.17, 15) is 13.9 Å². The Balaban J connectivity index is 1.75. The van der Waals surface area contributed by atoms with Crippen LogP contribution in [0.2, 0.25) is 0 Å². The SMILES string of the molecule is Cc1nc2cc3c(cc2n1CC(O)c1c(F)cccc1F)OCCO3. The second-order valence-corrected chi connectivity index (χ2v) is 5.91. The monoisotopic (exact) mass is 346 g/mol. The fourth-order valence-corrected chi connectivity index (χ4v) is 3.11. The van der Waals surface area contributed by atoms with Gasteiger partial charge in [0, 0.05) is 12.1 Å². The average molecular weight is 346 g/mol. The molecule has 7 heteroatoms. The first kappa shape index (κ1) is 15.8. The maximum absolute atomic E-state index is 13.9. The van der Waals surface area contributed by atoms with Gasteiger partial charge in [-0.15, -0.1) is 0 Å². The van der Waals surface area contributed by atoms with E-state index in [4.69, 9.17) is 9.47 Å². The summed E-state index contributed by atoms with van der Waals surface area (Å²) in [6, 6.07) is 7.06. The molecule has 0 amide bonds. The number of imidazole rings is 1. The van der Waals surface area contributed by atoms with Crippen LogP contribution < -0.4 is 9.47 Å². The lowest BCUT2D eigenvalue weighted by Crippen LogP contribution is -2.16. The molecule has 25 heavy (non-hydrogen) atoms. The number of halogens is 2. The van der Waals surface area contributed by atoms with Gasteiger partial charge in [-0.2, -0.15) is 0 Å². The highest BCUT2D eigenvalue weighted by molar-refractivity contribution is 5.80. The normalized spacial score (nSPS) is 14.7. The van der Waals surface area contributed by atoms with Gasteiger partial charge in [0.1, 0.15) is 36.8 Å². The molecule has 5 nitrogen and oxygen atoms in total. The molecular weight excluding hydrogens is 330 g/mol. The van der Waals surface area contributed by atoms with E-state index in [2.05, 4.69) is 4.98 Å². The maximum Gasteiger partial charge on any atom is 0.163 e. The molecule has 0 saturated carbocycles. The smallest absolute Gasteiger partial charge is 0.163 e. The van der Waals surface area contributed by atoms with E-state index < -0.39 is 17.7 Å². The molecule has 4 rings (SSSR count). The summed E-state index contributed by atoms with van der Waals surface area (Å²) in [6.45, 7) is 2.67. The van der Waals surface area contributed by atoms with Gasteiger partial charge in [0.25, 0.3) is 0 Å². The quantitative estimate of drug-likeness (QED) is 0.792. The van der Waals surface area contributed by atoms with Gasteiger partial charge in [-0.3, -0.25) is 0 Å². The first-order valence-corrected chi connectivity index (χ1v) is 7.93. The number of aliphatic hydroxyl groups excluding tert-OH is 1. The minimum Gasteiger partial charge on any atom is -0.486 e. The van der Waals surface area contributed by atoms with Crippen molar-refractivity contribution in [3.05, 3.63) is 53.4 Å². The second-order valence-electron chi connectivity index (χ2n) is 5.91. The van der Waals surface area contributed by atoms with Crippen LogP contribution in [0.3, 0.4) is 0 Å². The molecule has 3 aromatic rings. The van der Waals surface area contributed by atoms with Gasteiger partial charge in [0.2, 0.25) is 0 Å². The highest BCUT2D eigenvalue weighted by Gasteiger charge is 2.22. The second kappa shape index (κ2) is 6.00. The van der Waals surface area contributed by atoms with E-state index >= 15 is 0 Å². The highest BCUT2D eigenvalue weighted by Crippen LogP contribution is 2.35. The standard InChI is InChI=1S/C18H16F2N2O3/c1-10-21-13-7-16-17(25-6-5-24-16)8-14(13)22(10)9-15(23)18-11(19)3-2-4-12(18)20/h2-4,7-8,15,23H,5-6,9H2,1H3. The number of hydrogen-bond acceptors (Lipinski definition) is 4. The van der Waals surface area contributed by atoms with E-state index in [1.54, 1.807) is 23.6 Å². The molecule has 0 aliphatic carbocycles. The zero-order valence-corrected chi connectivity index (χ0v) is 13.5. The number of fused-ring (bicyclic) bond motifs is 2. The van der Waals surface area contributed by atoms with Crippen molar-refractivity contribution in [1.29, 1.82) is 0 Å². The zero-order chi connectivity index (χ0) is 17.6. The lowest BCUT2D eigenvalue weighted by atomic mass is 10.1. The third-order valence-corrected chi connectivity index (χ3v) is 4.29. The van der Waals surface area contributed by atoms with E-state index in [0.717, 1.165) is 12.1 Å². The van der Waals surface area contributed by atoms with E-state index in [-0.39, 0.29) is 12.1 Å². The third-order valence-electron chi connectivity index (χ3n) is 4.29. The van der Waals surface area contributed by atoms with Gasteiger partial charge < -0.3 is 19.1 Å². The van der Waals surface area contributed by atoms with E-state index in [1.807, 2.05) is 0 Å². The van der Waals surface area contributed by atoms with Gasteiger partial charge in [-0.1, -0.05) is 6.07 Å².